The molecule has 0 aromatic rings. The summed E-state index contributed by atoms with van der Waals surface area (Å²) in [6.07, 6.45) is 8.43. The summed E-state index contributed by atoms with van der Waals surface area (Å²) in [7, 11) is -4.27. The molecule has 98 valence electrons. The Kier molecular flexibility index (Phi) is 9.24. The van der Waals surface area contributed by atoms with E-state index in [0.717, 1.165) is 12.8 Å². The lowest BCUT2D eigenvalue weighted by Crippen LogP contribution is -2.04. The molecule has 0 fully saturated rings. The molecule has 4 nitrogen and oxygen atoms in total. The Bertz CT molecular complexity index is 202. The molecule has 0 aliphatic rings. The van der Waals surface area contributed by atoms with Crippen molar-refractivity contribution >= 4 is 7.82 Å². The highest BCUT2D eigenvalue weighted by Crippen LogP contribution is 2.36. The van der Waals surface area contributed by atoms with Gasteiger partial charge in [0, 0.05) is 0 Å². The summed E-state index contributed by atoms with van der Waals surface area (Å²) >= 11 is 0. The molecule has 0 heterocycles. The molecule has 0 aliphatic heterocycles. The zero-order valence-electron chi connectivity index (χ0n) is 10.4. The van der Waals surface area contributed by atoms with Gasteiger partial charge in [-0.15, -0.1) is 0 Å². The predicted octanol–water partition coefficient (Wildman–Crippen LogP) is 3.48. The van der Waals surface area contributed by atoms with Gasteiger partial charge in [-0.3, -0.25) is 4.52 Å². The van der Waals surface area contributed by atoms with Crippen molar-refractivity contribution in [1.29, 1.82) is 0 Å². The standard InChI is InChI=1S/C11H25O4P/c1-3-4-5-6-7-8-9-11(2)10-15-16(12,13)14/h11H,3-10H2,1-2H3,(H2,12,13,14). The van der Waals surface area contributed by atoms with Crippen LogP contribution in [0, 0.1) is 5.92 Å². The minimum absolute atomic E-state index is 0.152. The van der Waals surface area contributed by atoms with Crippen molar-refractivity contribution in [3.8, 4) is 0 Å². The Morgan fingerprint density at radius 3 is 2.25 bits per heavy atom. The van der Waals surface area contributed by atoms with Crippen molar-refractivity contribution in [2.45, 2.75) is 58.8 Å². The maximum absolute atomic E-state index is 10.5. The van der Waals surface area contributed by atoms with Crippen LogP contribution in [0.25, 0.3) is 0 Å². The van der Waals surface area contributed by atoms with Gasteiger partial charge in [0.1, 0.15) is 0 Å². The lowest BCUT2D eigenvalue weighted by atomic mass is 10.0. The van der Waals surface area contributed by atoms with Gasteiger partial charge in [0.05, 0.1) is 6.61 Å². The van der Waals surface area contributed by atoms with Crippen molar-refractivity contribution in [3.63, 3.8) is 0 Å². The molecule has 0 rings (SSSR count). The zero-order chi connectivity index (χ0) is 12.4. The topological polar surface area (TPSA) is 66.8 Å². The minimum atomic E-state index is -4.27. The van der Waals surface area contributed by atoms with Gasteiger partial charge in [0.25, 0.3) is 0 Å². The van der Waals surface area contributed by atoms with E-state index in [2.05, 4.69) is 11.4 Å². The quantitative estimate of drug-likeness (QED) is 0.461. The lowest BCUT2D eigenvalue weighted by Gasteiger charge is -2.12. The van der Waals surface area contributed by atoms with Crippen LogP contribution < -0.4 is 0 Å². The molecule has 1 atom stereocenters. The van der Waals surface area contributed by atoms with E-state index in [0.29, 0.717) is 0 Å². The van der Waals surface area contributed by atoms with Crippen molar-refractivity contribution in [2.75, 3.05) is 6.61 Å². The van der Waals surface area contributed by atoms with Crippen LogP contribution in [0.15, 0.2) is 0 Å². The number of phosphoric acid groups is 1. The molecule has 0 saturated heterocycles. The highest BCUT2D eigenvalue weighted by Gasteiger charge is 2.15. The molecule has 0 aromatic heterocycles. The first-order valence-corrected chi connectivity index (χ1v) is 7.69. The average molecular weight is 252 g/mol. The van der Waals surface area contributed by atoms with Gasteiger partial charge >= 0.3 is 7.82 Å². The largest absolute Gasteiger partial charge is 0.469 e. The number of unbranched alkanes of at least 4 members (excludes halogenated alkanes) is 5. The molecule has 2 N–H and O–H groups in total. The first kappa shape index (κ1) is 16.1. The van der Waals surface area contributed by atoms with E-state index < -0.39 is 7.82 Å². The summed E-state index contributed by atoms with van der Waals surface area (Å²) in [5.41, 5.74) is 0. The van der Waals surface area contributed by atoms with Gasteiger partial charge in [-0.2, -0.15) is 0 Å². The van der Waals surface area contributed by atoms with Crippen LogP contribution in [0.2, 0.25) is 0 Å². The molecule has 0 aliphatic carbocycles. The van der Waals surface area contributed by atoms with Crippen molar-refractivity contribution in [2.24, 2.45) is 5.92 Å². The van der Waals surface area contributed by atoms with Crippen LogP contribution in [-0.4, -0.2) is 16.4 Å². The average Bonchev–Trinajstić information content (AvgIpc) is 2.19. The molecule has 0 bridgehead atoms. The molecule has 0 saturated carbocycles. The maximum atomic E-state index is 10.5. The lowest BCUT2D eigenvalue weighted by molar-refractivity contribution is 0.168. The highest BCUT2D eigenvalue weighted by molar-refractivity contribution is 7.46. The molecule has 0 aromatic carbocycles. The summed E-state index contributed by atoms with van der Waals surface area (Å²) in [4.78, 5) is 17.0. The molecular weight excluding hydrogens is 227 g/mol. The van der Waals surface area contributed by atoms with Gasteiger partial charge < -0.3 is 9.79 Å². The first-order chi connectivity index (χ1) is 7.45. The molecule has 0 radical (unpaired) electrons. The Balaban J connectivity index is 3.30. The fraction of sp³-hybridized carbons (Fsp3) is 1.00. The van der Waals surface area contributed by atoms with Crippen LogP contribution in [0.4, 0.5) is 0 Å². The van der Waals surface area contributed by atoms with Crippen LogP contribution in [-0.2, 0) is 9.09 Å². The highest BCUT2D eigenvalue weighted by atomic mass is 31.2. The number of hydrogen-bond donors (Lipinski definition) is 2. The third kappa shape index (κ3) is 12.2. The number of hydrogen-bond acceptors (Lipinski definition) is 2. The van der Waals surface area contributed by atoms with Gasteiger partial charge in [-0.25, -0.2) is 4.57 Å². The first-order valence-electron chi connectivity index (χ1n) is 6.15. The van der Waals surface area contributed by atoms with Gasteiger partial charge in [-0.05, 0) is 12.3 Å². The monoisotopic (exact) mass is 252 g/mol. The fourth-order valence-corrected chi connectivity index (χ4v) is 2.03. The number of rotatable bonds is 10. The van der Waals surface area contributed by atoms with E-state index >= 15 is 0 Å². The molecule has 16 heavy (non-hydrogen) atoms. The third-order valence-electron chi connectivity index (χ3n) is 2.58. The smallest absolute Gasteiger partial charge is 0.303 e. The second-order valence-electron chi connectivity index (χ2n) is 4.45. The van der Waals surface area contributed by atoms with Gasteiger partial charge in [0.2, 0.25) is 0 Å². The van der Waals surface area contributed by atoms with E-state index in [-0.39, 0.29) is 12.5 Å². The summed E-state index contributed by atoms with van der Waals surface area (Å²) in [6, 6.07) is 0. The summed E-state index contributed by atoms with van der Waals surface area (Å²) in [5, 5.41) is 0. The van der Waals surface area contributed by atoms with Gasteiger partial charge in [-0.1, -0.05) is 52.4 Å². The number of phosphoric ester groups is 1. The van der Waals surface area contributed by atoms with Crippen LogP contribution in [0.5, 0.6) is 0 Å². The Labute approximate surface area is 98.6 Å². The SMILES string of the molecule is CCCCCCCCC(C)COP(=O)(O)O. The van der Waals surface area contributed by atoms with Crippen LogP contribution >= 0.6 is 7.82 Å². The van der Waals surface area contributed by atoms with E-state index in [9.17, 15) is 4.57 Å². The van der Waals surface area contributed by atoms with Crippen molar-refractivity contribution in [1.82, 2.24) is 0 Å². The van der Waals surface area contributed by atoms with Crippen molar-refractivity contribution < 1.29 is 18.9 Å². The minimum Gasteiger partial charge on any atom is -0.303 e. The second-order valence-corrected chi connectivity index (χ2v) is 5.69. The molecule has 5 heteroatoms. The maximum Gasteiger partial charge on any atom is 0.469 e. The molecule has 0 spiro atoms. The third-order valence-corrected chi connectivity index (χ3v) is 3.06. The summed E-state index contributed by atoms with van der Waals surface area (Å²) < 4.78 is 14.9. The van der Waals surface area contributed by atoms with Gasteiger partial charge in [0.15, 0.2) is 0 Å². The van der Waals surface area contributed by atoms with E-state index in [4.69, 9.17) is 9.79 Å². The molecular formula is C11H25O4P. The normalized spacial score (nSPS) is 14.0. The Hall–Kier alpha value is 0.110. The van der Waals surface area contributed by atoms with Crippen molar-refractivity contribution in [3.05, 3.63) is 0 Å². The predicted molar refractivity (Wildman–Crippen MR) is 65.2 cm³/mol. The van der Waals surface area contributed by atoms with Crippen LogP contribution in [0.3, 0.4) is 0 Å². The van der Waals surface area contributed by atoms with E-state index in [1.807, 2.05) is 6.92 Å². The fourth-order valence-electron chi connectivity index (χ4n) is 1.58. The summed E-state index contributed by atoms with van der Waals surface area (Å²) in [5.74, 6) is 0.221. The summed E-state index contributed by atoms with van der Waals surface area (Å²) in [6.45, 7) is 4.31. The molecule has 0 amide bonds. The second kappa shape index (κ2) is 9.17. The molecule has 1 unspecified atom stereocenters. The van der Waals surface area contributed by atoms with E-state index in [1.54, 1.807) is 0 Å². The Morgan fingerprint density at radius 1 is 1.12 bits per heavy atom. The van der Waals surface area contributed by atoms with Crippen LogP contribution in [0.1, 0.15) is 58.8 Å². The zero-order valence-corrected chi connectivity index (χ0v) is 11.3. The van der Waals surface area contributed by atoms with E-state index in [1.165, 1.54) is 32.1 Å². The Morgan fingerprint density at radius 2 is 1.69 bits per heavy atom.